The lowest BCUT2D eigenvalue weighted by atomic mass is 9.85. The highest BCUT2D eigenvalue weighted by Gasteiger charge is 2.61. The van der Waals surface area contributed by atoms with Crippen molar-refractivity contribution in [2.75, 3.05) is 32.2 Å². The van der Waals surface area contributed by atoms with Gasteiger partial charge in [-0.05, 0) is 68.9 Å². The number of nitrogens with one attached hydrogen (secondary N) is 3. The molecule has 4 fully saturated rings. The average Bonchev–Trinajstić information content (AvgIpc) is 3.83. The molecule has 1 unspecified atom stereocenters. The average molecular weight is 802 g/mol. The summed E-state index contributed by atoms with van der Waals surface area (Å²) in [7, 11) is 1.60. The highest BCUT2D eigenvalue weighted by molar-refractivity contribution is 5.96. The molecule has 4 aliphatic rings. The van der Waals surface area contributed by atoms with Gasteiger partial charge in [-0.3, -0.25) is 9.59 Å². The monoisotopic (exact) mass is 801 g/mol. The lowest BCUT2D eigenvalue weighted by Gasteiger charge is -2.35. The third kappa shape index (κ3) is 8.71. The van der Waals surface area contributed by atoms with Crippen molar-refractivity contribution >= 4 is 40.6 Å². The second kappa shape index (κ2) is 16.1. The Hall–Kier alpha value is -5.38. The Balaban J connectivity index is 1.19. The summed E-state index contributed by atoms with van der Waals surface area (Å²) in [5, 5.41) is 24.3. The number of pyridine rings is 1. The van der Waals surface area contributed by atoms with Gasteiger partial charge in [-0.1, -0.05) is 26.8 Å². The Kier molecular flexibility index (Phi) is 11.3. The Morgan fingerprint density at radius 2 is 1.81 bits per heavy atom. The van der Waals surface area contributed by atoms with Gasteiger partial charge >= 0.3 is 12.1 Å². The molecule has 1 aromatic carbocycles. The van der Waals surface area contributed by atoms with Crippen LogP contribution in [0.2, 0.25) is 0 Å². The first-order chi connectivity index (χ1) is 27.6. The van der Waals surface area contributed by atoms with Crippen LogP contribution in [0.1, 0.15) is 66.7 Å². The SMILES string of the molecule is C=C[C@@H]1C[C@]1(NC(=O)[C@@H]1CC(Oc2cc(-n3ccc(NC(C)C)n3)nc3cc(OCCOC)ccc23)CN1C(=O)[C@@H](NC(=O)O[C@@H]1C[C@@H]2C[C@@H]2C1)C(C)(C)C)C(=O)O. The Labute approximate surface area is 338 Å². The number of fused-ring (bicyclic) bond motifs is 2. The number of carboxylic acids is 1. The molecular weight excluding hydrogens is 747 g/mol. The van der Waals surface area contributed by atoms with E-state index in [9.17, 15) is 24.3 Å². The van der Waals surface area contributed by atoms with Gasteiger partial charge in [0.2, 0.25) is 11.8 Å². The Bertz CT molecular complexity index is 2050. The molecule has 2 aromatic heterocycles. The van der Waals surface area contributed by atoms with Crippen LogP contribution in [0, 0.1) is 23.2 Å². The standard InChI is InChI=1S/C42H55N7O9/c1-8-26-21-42(26,39(52)53)46-37(50)32-19-29(22-48(32)38(51)36(41(4,5)6)45-40(54)58-28-16-24-15-25(24)17-28)57-33-20-35(49-12-11-34(47-49)43-23(2)3)44-31-18-27(9-10-30(31)33)56-14-13-55-7/h8-12,18,20,23-26,28-29,32,36H,1,13-17,19,21-22H2,2-7H3,(H,43,47)(H,45,54)(H,46,50)(H,52,53)/t24-,25+,26-,28+,29?,32+,36-,42-/m1/s1. The number of carbonyl (C=O) groups excluding carboxylic acids is 3. The van der Waals surface area contributed by atoms with Crippen molar-refractivity contribution in [1.82, 2.24) is 30.3 Å². The van der Waals surface area contributed by atoms with E-state index in [0.717, 1.165) is 12.8 Å². The molecular formula is C42H55N7O9. The van der Waals surface area contributed by atoms with E-state index >= 15 is 0 Å². The van der Waals surface area contributed by atoms with Crippen molar-refractivity contribution in [2.45, 2.75) is 103 Å². The molecule has 58 heavy (non-hydrogen) atoms. The van der Waals surface area contributed by atoms with Gasteiger partial charge in [-0.15, -0.1) is 11.7 Å². The van der Waals surface area contributed by atoms with E-state index in [2.05, 4.69) is 27.6 Å². The van der Waals surface area contributed by atoms with Crippen molar-refractivity contribution in [2.24, 2.45) is 23.2 Å². The molecule has 3 heterocycles. The summed E-state index contributed by atoms with van der Waals surface area (Å²) in [6.07, 6.45) is 4.73. The van der Waals surface area contributed by atoms with E-state index < -0.39 is 58.9 Å². The number of aliphatic carboxylic acids is 1. The first-order valence-corrected chi connectivity index (χ1v) is 20.1. The van der Waals surface area contributed by atoms with Crippen molar-refractivity contribution < 1.29 is 43.2 Å². The zero-order valence-corrected chi connectivity index (χ0v) is 34.0. The minimum Gasteiger partial charge on any atom is -0.491 e. The van der Waals surface area contributed by atoms with Crippen LogP contribution in [-0.4, -0.2) is 111 Å². The normalized spacial score (nSPS) is 26.4. The van der Waals surface area contributed by atoms with E-state index in [1.165, 1.54) is 17.4 Å². The number of rotatable bonds is 16. The van der Waals surface area contributed by atoms with Crippen LogP contribution in [0.4, 0.5) is 10.6 Å². The van der Waals surface area contributed by atoms with Crippen LogP contribution < -0.4 is 25.4 Å². The van der Waals surface area contributed by atoms with Gasteiger partial charge in [0.25, 0.3) is 0 Å². The summed E-state index contributed by atoms with van der Waals surface area (Å²) in [6, 6.07) is 6.98. The number of anilines is 1. The number of ether oxygens (including phenoxy) is 4. The third-order valence-electron chi connectivity index (χ3n) is 11.6. The van der Waals surface area contributed by atoms with Crippen LogP contribution in [-0.2, 0) is 23.9 Å². The molecule has 0 bridgehead atoms. The molecule has 312 valence electrons. The zero-order chi connectivity index (χ0) is 41.5. The molecule has 7 rings (SSSR count). The fraction of sp³-hybridized carbons (Fsp3) is 0.571. The molecule has 1 saturated heterocycles. The summed E-state index contributed by atoms with van der Waals surface area (Å²) in [6.45, 7) is 14.0. The number of aromatic nitrogens is 3. The van der Waals surface area contributed by atoms with Gasteiger partial charge in [0.1, 0.15) is 53.8 Å². The summed E-state index contributed by atoms with van der Waals surface area (Å²) >= 11 is 0. The number of alkyl carbamates (subject to hydrolysis) is 1. The number of benzene rings is 1. The van der Waals surface area contributed by atoms with Gasteiger partial charge in [0.15, 0.2) is 5.82 Å². The predicted octanol–water partition coefficient (Wildman–Crippen LogP) is 4.70. The van der Waals surface area contributed by atoms with Crippen molar-refractivity contribution in [3.63, 3.8) is 0 Å². The molecule has 3 aliphatic carbocycles. The molecule has 16 nitrogen and oxygen atoms in total. The third-order valence-corrected chi connectivity index (χ3v) is 11.6. The van der Waals surface area contributed by atoms with Crippen LogP contribution in [0.25, 0.3) is 16.7 Å². The molecule has 0 spiro atoms. The smallest absolute Gasteiger partial charge is 0.408 e. The Morgan fingerprint density at radius 1 is 1.05 bits per heavy atom. The molecule has 3 aromatic rings. The van der Waals surface area contributed by atoms with Crippen molar-refractivity contribution in [3.8, 4) is 17.3 Å². The minimum atomic E-state index is -1.52. The van der Waals surface area contributed by atoms with Gasteiger partial charge in [0, 0.05) is 55.3 Å². The van der Waals surface area contributed by atoms with Gasteiger partial charge < -0.3 is 44.9 Å². The van der Waals surface area contributed by atoms with Gasteiger partial charge in [-0.2, -0.15) is 0 Å². The van der Waals surface area contributed by atoms with E-state index in [-0.39, 0.29) is 31.5 Å². The predicted molar refractivity (Wildman–Crippen MR) is 214 cm³/mol. The van der Waals surface area contributed by atoms with Crippen LogP contribution >= 0.6 is 0 Å². The molecule has 0 radical (unpaired) electrons. The second-order valence-corrected chi connectivity index (χ2v) is 17.4. The first kappa shape index (κ1) is 40.8. The van der Waals surface area contributed by atoms with E-state index in [1.807, 2.05) is 46.8 Å². The number of carbonyl (C=O) groups is 4. The van der Waals surface area contributed by atoms with Crippen LogP contribution in [0.15, 0.2) is 49.2 Å². The van der Waals surface area contributed by atoms with Crippen LogP contribution in [0.5, 0.6) is 11.5 Å². The molecule has 4 N–H and O–H groups in total. The number of amides is 3. The van der Waals surface area contributed by atoms with Gasteiger partial charge in [0.05, 0.1) is 18.7 Å². The number of methoxy groups -OCH3 is 1. The fourth-order valence-corrected chi connectivity index (χ4v) is 8.28. The number of hydrogen-bond donors (Lipinski definition) is 4. The summed E-state index contributed by atoms with van der Waals surface area (Å²) in [5.74, 6) is 0.536. The number of hydrogen-bond acceptors (Lipinski definition) is 11. The molecule has 8 atom stereocenters. The number of nitrogens with zero attached hydrogens (tertiary/aromatic N) is 4. The maximum absolute atomic E-state index is 14.7. The van der Waals surface area contributed by atoms with Crippen molar-refractivity contribution in [1.29, 1.82) is 0 Å². The van der Waals surface area contributed by atoms with Crippen LogP contribution in [0.3, 0.4) is 0 Å². The minimum absolute atomic E-state index is 0.0290. The number of likely N-dealkylation sites (tertiary alicyclic amines) is 1. The quantitative estimate of drug-likeness (QED) is 0.115. The summed E-state index contributed by atoms with van der Waals surface area (Å²) in [4.78, 5) is 60.8. The zero-order valence-electron chi connectivity index (χ0n) is 34.0. The highest BCUT2D eigenvalue weighted by Crippen LogP contribution is 2.52. The van der Waals surface area contributed by atoms with Crippen molar-refractivity contribution in [3.05, 3.63) is 49.2 Å². The lowest BCUT2D eigenvalue weighted by Crippen LogP contribution is -2.59. The lowest BCUT2D eigenvalue weighted by molar-refractivity contribution is -0.146. The maximum atomic E-state index is 14.7. The fourth-order valence-electron chi connectivity index (χ4n) is 8.28. The largest absolute Gasteiger partial charge is 0.491 e. The van der Waals surface area contributed by atoms with Gasteiger partial charge in [-0.25, -0.2) is 19.3 Å². The molecule has 3 saturated carbocycles. The highest BCUT2D eigenvalue weighted by atomic mass is 16.6. The first-order valence-electron chi connectivity index (χ1n) is 20.1. The molecule has 3 amide bonds. The summed E-state index contributed by atoms with van der Waals surface area (Å²) < 4.78 is 25.1. The summed E-state index contributed by atoms with van der Waals surface area (Å²) in [5.41, 5.74) is -1.75. The second-order valence-electron chi connectivity index (χ2n) is 17.4. The Morgan fingerprint density at radius 3 is 2.47 bits per heavy atom. The van der Waals surface area contributed by atoms with E-state index in [0.29, 0.717) is 59.1 Å². The molecule has 16 heteroatoms. The van der Waals surface area contributed by atoms with E-state index in [1.54, 1.807) is 36.2 Å². The maximum Gasteiger partial charge on any atom is 0.408 e. The molecule has 1 aliphatic heterocycles. The topological polar surface area (TPSA) is 195 Å². The van der Waals surface area contributed by atoms with E-state index in [4.69, 9.17) is 23.9 Å². The number of carboxylic acid groups (broad SMARTS) is 1.